The van der Waals surface area contributed by atoms with Gasteiger partial charge in [0, 0.05) is 30.6 Å². The third-order valence-corrected chi connectivity index (χ3v) is 3.71. The summed E-state index contributed by atoms with van der Waals surface area (Å²) in [5.41, 5.74) is 1.90. The van der Waals surface area contributed by atoms with Gasteiger partial charge in [0.2, 0.25) is 5.91 Å². The van der Waals surface area contributed by atoms with Gasteiger partial charge in [-0.15, -0.1) is 0 Å². The van der Waals surface area contributed by atoms with E-state index in [4.69, 9.17) is 4.74 Å². The van der Waals surface area contributed by atoms with Crippen molar-refractivity contribution < 1.29 is 9.53 Å². The average molecular weight is 308 g/mol. The molecule has 4 nitrogen and oxygen atoms in total. The maximum absolute atomic E-state index is 11.9. The number of nitrogens with one attached hydrogen (secondary N) is 1. The standard InChI is InChI=1S/C19H20N2O2/c22-19(10-9-15-4-3-11-20-12-15)21-13-17-5-1-2-6-18(17)23-14-16-7-8-16/h1-6,9-12,16H,7-8,13-14H2,(H,21,22)/b10-9+. The third kappa shape index (κ3) is 4.95. The average Bonchev–Trinajstić information content (AvgIpc) is 3.42. The second-order valence-electron chi connectivity index (χ2n) is 5.70. The summed E-state index contributed by atoms with van der Waals surface area (Å²) in [6, 6.07) is 11.6. The number of ether oxygens (including phenoxy) is 1. The fourth-order valence-electron chi connectivity index (χ4n) is 2.17. The van der Waals surface area contributed by atoms with E-state index in [2.05, 4.69) is 10.3 Å². The zero-order valence-electron chi connectivity index (χ0n) is 12.9. The van der Waals surface area contributed by atoms with E-state index in [-0.39, 0.29) is 5.91 Å². The number of aromatic nitrogens is 1. The number of carbonyl (C=O) groups excluding carboxylic acids is 1. The lowest BCUT2D eigenvalue weighted by Crippen LogP contribution is -2.20. The van der Waals surface area contributed by atoms with Crippen LogP contribution in [0, 0.1) is 5.92 Å². The van der Waals surface area contributed by atoms with E-state index in [0.717, 1.165) is 23.5 Å². The van der Waals surface area contributed by atoms with E-state index in [1.807, 2.05) is 36.4 Å². The molecule has 0 spiro atoms. The van der Waals surface area contributed by atoms with Crippen LogP contribution in [0.25, 0.3) is 6.08 Å². The highest BCUT2D eigenvalue weighted by Crippen LogP contribution is 2.30. The minimum Gasteiger partial charge on any atom is -0.493 e. The molecular weight excluding hydrogens is 288 g/mol. The summed E-state index contributed by atoms with van der Waals surface area (Å²) in [7, 11) is 0. The smallest absolute Gasteiger partial charge is 0.244 e. The fourth-order valence-corrected chi connectivity index (χ4v) is 2.17. The summed E-state index contributed by atoms with van der Waals surface area (Å²) >= 11 is 0. The van der Waals surface area contributed by atoms with Crippen LogP contribution in [0.15, 0.2) is 54.9 Å². The number of rotatable bonds is 7. The molecule has 1 saturated carbocycles. The van der Waals surface area contributed by atoms with Crippen molar-refractivity contribution in [1.29, 1.82) is 0 Å². The van der Waals surface area contributed by atoms with Crippen LogP contribution in [0.1, 0.15) is 24.0 Å². The lowest BCUT2D eigenvalue weighted by molar-refractivity contribution is -0.116. The van der Waals surface area contributed by atoms with Crippen molar-refractivity contribution >= 4 is 12.0 Å². The van der Waals surface area contributed by atoms with Crippen LogP contribution in [-0.2, 0) is 11.3 Å². The highest BCUT2D eigenvalue weighted by atomic mass is 16.5. The molecule has 1 aromatic carbocycles. The van der Waals surface area contributed by atoms with Gasteiger partial charge in [-0.3, -0.25) is 9.78 Å². The first-order chi connectivity index (χ1) is 11.3. The van der Waals surface area contributed by atoms with E-state index in [1.54, 1.807) is 18.5 Å². The van der Waals surface area contributed by atoms with Crippen LogP contribution in [0.4, 0.5) is 0 Å². The van der Waals surface area contributed by atoms with Crippen LogP contribution in [0.3, 0.4) is 0 Å². The number of carbonyl (C=O) groups is 1. The summed E-state index contributed by atoms with van der Waals surface area (Å²) in [5, 5.41) is 2.89. The molecule has 1 N–H and O–H groups in total. The van der Waals surface area contributed by atoms with Crippen molar-refractivity contribution in [3.05, 3.63) is 66.0 Å². The van der Waals surface area contributed by atoms with Gasteiger partial charge in [-0.25, -0.2) is 0 Å². The highest BCUT2D eigenvalue weighted by molar-refractivity contribution is 5.91. The zero-order valence-corrected chi connectivity index (χ0v) is 12.9. The zero-order chi connectivity index (χ0) is 15.9. The molecule has 1 aromatic heterocycles. The van der Waals surface area contributed by atoms with Crippen molar-refractivity contribution in [2.24, 2.45) is 5.92 Å². The minimum absolute atomic E-state index is 0.133. The second-order valence-corrected chi connectivity index (χ2v) is 5.70. The number of benzene rings is 1. The molecule has 118 valence electrons. The van der Waals surface area contributed by atoms with Crippen LogP contribution in [-0.4, -0.2) is 17.5 Å². The molecule has 1 heterocycles. The molecule has 23 heavy (non-hydrogen) atoms. The van der Waals surface area contributed by atoms with Crippen molar-refractivity contribution in [1.82, 2.24) is 10.3 Å². The number of para-hydroxylation sites is 1. The number of amides is 1. The molecule has 1 amide bonds. The van der Waals surface area contributed by atoms with Crippen molar-refractivity contribution in [2.45, 2.75) is 19.4 Å². The molecule has 4 heteroatoms. The van der Waals surface area contributed by atoms with Crippen molar-refractivity contribution in [2.75, 3.05) is 6.61 Å². The summed E-state index contributed by atoms with van der Waals surface area (Å²) < 4.78 is 5.85. The van der Waals surface area contributed by atoms with Crippen LogP contribution >= 0.6 is 0 Å². The van der Waals surface area contributed by atoms with E-state index in [0.29, 0.717) is 12.5 Å². The summed E-state index contributed by atoms with van der Waals surface area (Å²) in [6.45, 7) is 1.23. The maximum atomic E-state index is 11.9. The van der Waals surface area contributed by atoms with Gasteiger partial charge in [0.15, 0.2) is 0 Å². The van der Waals surface area contributed by atoms with E-state index in [9.17, 15) is 4.79 Å². The molecular formula is C19H20N2O2. The van der Waals surface area contributed by atoms with Crippen LogP contribution in [0.2, 0.25) is 0 Å². The molecule has 3 rings (SSSR count). The summed E-state index contributed by atoms with van der Waals surface area (Å²) in [5.74, 6) is 1.43. The SMILES string of the molecule is O=C(/C=C/c1cccnc1)NCc1ccccc1OCC1CC1. The van der Waals surface area contributed by atoms with Gasteiger partial charge in [0.05, 0.1) is 6.61 Å². The molecule has 0 saturated heterocycles. The Bertz CT molecular complexity index is 679. The Hall–Kier alpha value is -2.62. The molecule has 0 unspecified atom stereocenters. The molecule has 1 fully saturated rings. The Labute approximate surface area is 136 Å². The van der Waals surface area contributed by atoms with Crippen molar-refractivity contribution in [3.8, 4) is 5.75 Å². The number of hydrogen-bond donors (Lipinski definition) is 1. The number of nitrogens with zero attached hydrogens (tertiary/aromatic N) is 1. The predicted octanol–water partition coefficient (Wildman–Crippen LogP) is 3.20. The van der Waals surface area contributed by atoms with E-state index >= 15 is 0 Å². The first kappa shape index (κ1) is 15.3. The quantitative estimate of drug-likeness (QED) is 0.799. The van der Waals surface area contributed by atoms with Crippen LogP contribution < -0.4 is 10.1 Å². The Kier molecular flexibility index (Phi) is 5.04. The third-order valence-electron chi connectivity index (χ3n) is 3.71. The van der Waals surface area contributed by atoms with Gasteiger partial charge in [0.25, 0.3) is 0 Å². The lowest BCUT2D eigenvalue weighted by Gasteiger charge is -2.11. The summed E-state index contributed by atoms with van der Waals surface area (Å²) in [4.78, 5) is 15.9. The van der Waals surface area contributed by atoms with Crippen molar-refractivity contribution in [3.63, 3.8) is 0 Å². The normalized spacial score (nSPS) is 13.9. The molecule has 1 aliphatic carbocycles. The number of hydrogen-bond acceptors (Lipinski definition) is 3. The molecule has 0 radical (unpaired) electrons. The Balaban J connectivity index is 1.53. The second kappa shape index (κ2) is 7.58. The Morgan fingerprint density at radius 3 is 2.91 bits per heavy atom. The van der Waals surface area contributed by atoms with E-state index in [1.165, 1.54) is 18.9 Å². The first-order valence-corrected chi connectivity index (χ1v) is 7.88. The molecule has 2 aromatic rings. The lowest BCUT2D eigenvalue weighted by atomic mass is 10.2. The van der Waals surface area contributed by atoms with Gasteiger partial charge in [-0.2, -0.15) is 0 Å². The fraction of sp³-hybridized carbons (Fsp3) is 0.263. The van der Waals surface area contributed by atoms with Gasteiger partial charge in [0.1, 0.15) is 5.75 Å². The van der Waals surface area contributed by atoms with Gasteiger partial charge < -0.3 is 10.1 Å². The predicted molar refractivity (Wildman–Crippen MR) is 89.8 cm³/mol. The summed E-state index contributed by atoms with van der Waals surface area (Å²) in [6.07, 6.45) is 9.21. The van der Waals surface area contributed by atoms with Gasteiger partial charge in [-0.1, -0.05) is 24.3 Å². The van der Waals surface area contributed by atoms with Crippen LogP contribution in [0.5, 0.6) is 5.75 Å². The molecule has 0 aliphatic heterocycles. The van der Waals surface area contributed by atoms with E-state index < -0.39 is 0 Å². The Morgan fingerprint density at radius 2 is 2.13 bits per heavy atom. The highest BCUT2D eigenvalue weighted by Gasteiger charge is 2.22. The maximum Gasteiger partial charge on any atom is 0.244 e. The van der Waals surface area contributed by atoms with Gasteiger partial charge >= 0.3 is 0 Å². The minimum atomic E-state index is -0.133. The number of pyridine rings is 1. The van der Waals surface area contributed by atoms with Gasteiger partial charge in [-0.05, 0) is 42.5 Å². The monoisotopic (exact) mass is 308 g/mol. The topological polar surface area (TPSA) is 51.2 Å². The first-order valence-electron chi connectivity index (χ1n) is 7.88. The molecule has 0 atom stereocenters. The molecule has 1 aliphatic rings. The Morgan fingerprint density at radius 1 is 1.26 bits per heavy atom. The largest absolute Gasteiger partial charge is 0.493 e. The molecule has 0 bridgehead atoms.